The lowest BCUT2D eigenvalue weighted by molar-refractivity contribution is -0.119. The van der Waals surface area contributed by atoms with Crippen LogP contribution in [0.15, 0.2) is 9.95 Å². The van der Waals surface area contributed by atoms with E-state index in [2.05, 4.69) is 25.6 Å². The van der Waals surface area contributed by atoms with Crippen LogP contribution in [-0.4, -0.2) is 42.5 Å². The molecule has 0 saturated heterocycles. The Kier molecular flexibility index (Phi) is 5.64. The van der Waals surface area contributed by atoms with Crippen LogP contribution in [0.1, 0.15) is 65.0 Å². The SMILES string of the molecule is CC(C)(C)c1nn2c(SCC(=O)NC3CCCCCC3)nnc2[nH]c1=O. The summed E-state index contributed by atoms with van der Waals surface area (Å²) in [6.07, 6.45) is 6.99. The minimum atomic E-state index is -0.398. The molecule has 3 rings (SSSR count). The second-order valence-corrected chi connectivity index (χ2v) is 8.76. The predicted octanol–water partition coefficient (Wildman–Crippen LogP) is 2.04. The molecule has 0 radical (unpaired) electrons. The molecule has 0 bridgehead atoms. The Morgan fingerprint density at radius 1 is 1.23 bits per heavy atom. The number of rotatable bonds is 4. The molecule has 1 amide bonds. The number of aromatic amines is 1. The highest BCUT2D eigenvalue weighted by Gasteiger charge is 2.23. The molecular weight excluding hydrogens is 352 g/mol. The average molecular weight is 379 g/mol. The molecule has 0 aromatic carbocycles. The summed E-state index contributed by atoms with van der Waals surface area (Å²) in [5.41, 5.74) is -0.250. The lowest BCUT2D eigenvalue weighted by Gasteiger charge is -2.16. The van der Waals surface area contributed by atoms with Crippen LogP contribution >= 0.6 is 11.8 Å². The molecule has 2 aromatic rings. The Bertz CT molecular complexity index is 830. The second kappa shape index (κ2) is 7.77. The summed E-state index contributed by atoms with van der Waals surface area (Å²) in [7, 11) is 0. The van der Waals surface area contributed by atoms with Crippen LogP contribution in [0.4, 0.5) is 0 Å². The van der Waals surface area contributed by atoms with E-state index in [0.29, 0.717) is 10.9 Å². The first-order chi connectivity index (χ1) is 12.3. The molecule has 2 N–H and O–H groups in total. The van der Waals surface area contributed by atoms with Gasteiger partial charge in [0.15, 0.2) is 0 Å². The summed E-state index contributed by atoms with van der Waals surface area (Å²) in [6, 6.07) is 0.280. The van der Waals surface area contributed by atoms with E-state index in [1.807, 2.05) is 20.8 Å². The van der Waals surface area contributed by atoms with E-state index in [9.17, 15) is 9.59 Å². The number of thioether (sulfide) groups is 1. The Hall–Kier alpha value is -1.90. The van der Waals surface area contributed by atoms with Gasteiger partial charge in [-0.25, -0.2) is 0 Å². The molecule has 0 atom stereocenters. The fourth-order valence-electron chi connectivity index (χ4n) is 3.14. The third kappa shape index (κ3) is 4.44. The first-order valence-corrected chi connectivity index (χ1v) is 10.1. The third-order valence-electron chi connectivity index (χ3n) is 4.52. The van der Waals surface area contributed by atoms with E-state index in [0.717, 1.165) is 12.8 Å². The van der Waals surface area contributed by atoms with E-state index in [-0.39, 0.29) is 29.0 Å². The highest BCUT2D eigenvalue weighted by atomic mass is 32.2. The molecule has 2 heterocycles. The van der Waals surface area contributed by atoms with Crippen molar-refractivity contribution in [1.29, 1.82) is 0 Å². The fraction of sp³-hybridized carbons (Fsp3) is 0.706. The van der Waals surface area contributed by atoms with E-state index in [4.69, 9.17) is 0 Å². The zero-order chi connectivity index (χ0) is 18.7. The molecule has 0 spiro atoms. The molecule has 2 aromatic heterocycles. The van der Waals surface area contributed by atoms with Crippen molar-refractivity contribution in [2.24, 2.45) is 0 Å². The number of H-pyrrole nitrogens is 1. The quantitative estimate of drug-likeness (QED) is 0.623. The predicted molar refractivity (Wildman–Crippen MR) is 100 cm³/mol. The normalized spacial score (nSPS) is 16.6. The summed E-state index contributed by atoms with van der Waals surface area (Å²) < 4.78 is 1.51. The van der Waals surface area contributed by atoms with Crippen LogP contribution < -0.4 is 10.9 Å². The monoisotopic (exact) mass is 378 g/mol. The van der Waals surface area contributed by atoms with Gasteiger partial charge in [0, 0.05) is 11.5 Å². The maximum Gasteiger partial charge on any atom is 0.274 e. The smallest absolute Gasteiger partial charge is 0.274 e. The Balaban J connectivity index is 1.68. The van der Waals surface area contributed by atoms with Gasteiger partial charge in [0.25, 0.3) is 11.3 Å². The molecule has 9 heteroatoms. The van der Waals surface area contributed by atoms with E-state index in [1.165, 1.54) is 42.0 Å². The van der Waals surface area contributed by atoms with Crippen LogP contribution in [0.5, 0.6) is 0 Å². The van der Waals surface area contributed by atoms with E-state index in [1.54, 1.807) is 0 Å². The van der Waals surface area contributed by atoms with Gasteiger partial charge in [-0.05, 0) is 12.8 Å². The van der Waals surface area contributed by atoms with E-state index < -0.39 is 5.41 Å². The molecule has 1 fully saturated rings. The molecular formula is C17H26N6O2S. The minimum absolute atomic E-state index is 0.000815. The lowest BCUT2D eigenvalue weighted by atomic mass is 9.93. The van der Waals surface area contributed by atoms with Gasteiger partial charge in [0.1, 0.15) is 5.69 Å². The van der Waals surface area contributed by atoms with Gasteiger partial charge < -0.3 is 5.32 Å². The van der Waals surface area contributed by atoms with Gasteiger partial charge in [-0.1, -0.05) is 58.2 Å². The van der Waals surface area contributed by atoms with Crippen LogP contribution in [-0.2, 0) is 10.2 Å². The fourth-order valence-corrected chi connectivity index (χ4v) is 3.84. The number of carbonyl (C=O) groups is 1. The van der Waals surface area contributed by atoms with Crippen molar-refractivity contribution in [2.45, 2.75) is 75.9 Å². The number of amides is 1. The number of carbonyl (C=O) groups excluding carboxylic acids is 1. The number of nitrogens with one attached hydrogen (secondary N) is 2. The number of hydrogen-bond donors (Lipinski definition) is 2. The maximum absolute atomic E-state index is 12.3. The molecule has 1 saturated carbocycles. The third-order valence-corrected chi connectivity index (χ3v) is 5.43. The molecule has 0 aliphatic heterocycles. The second-order valence-electron chi connectivity index (χ2n) is 7.82. The molecule has 1 aliphatic rings. The largest absolute Gasteiger partial charge is 0.353 e. The average Bonchev–Trinajstić information content (AvgIpc) is 2.77. The van der Waals surface area contributed by atoms with Crippen LogP contribution in [0.2, 0.25) is 0 Å². The first-order valence-electron chi connectivity index (χ1n) is 9.13. The van der Waals surface area contributed by atoms with Crippen LogP contribution in [0.25, 0.3) is 5.78 Å². The van der Waals surface area contributed by atoms with Crippen molar-refractivity contribution in [3.05, 3.63) is 16.0 Å². The number of hydrogen-bond acceptors (Lipinski definition) is 6. The number of nitrogens with zero attached hydrogens (tertiary/aromatic N) is 4. The summed E-state index contributed by atoms with van der Waals surface area (Å²) in [4.78, 5) is 27.1. The Morgan fingerprint density at radius 2 is 1.92 bits per heavy atom. The maximum atomic E-state index is 12.3. The summed E-state index contributed by atoms with van der Waals surface area (Å²) in [5, 5.41) is 16.0. The van der Waals surface area contributed by atoms with Crippen LogP contribution in [0, 0.1) is 0 Å². The minimum Gasteiger partial charge on any atom is -0.353 e. The van der Waals surface area contributed by atoms with Gasteiger partial charge in [-0.3, -0.25) is 14.6 Å². The summed E-state index contributed by atoms with van der Waals surface area (Å²) >= 11 is 1.28. The van der Waals surface area contributed by atoms with Gasteiger partial charge >= 0.3 is 0 Å². The van der Waals surface area contributed by atoms with Crippen molar-refractivity contribution < 1.29 is 4.79 Å². The summed E-state index contributed by atoms with van der Waals surface area (Å²) in [5.74, 6) is 0.539. The van der Waals surface area contributed by atoms with E-state index >= 15 is 0 Å². The van der Waals surface area contributed by atoms with Gasteiger partial charge in [0.2, 0.25) is 11.1 Å². The molecule has 0 unspecified atom stereocenters. The standard InChI is InChI=1S/C17H26N6O2S/c1-17(2,3)13-14(25)19-15-20-21-16(23(15)22-13)26-10-12(24)18-11-8-6-4-5-7-9-11/h11H,4-10H2,1-3H3,(H,18,24)(H,19,20,25). The number of aromatic nitrogens is 5. The molecule has 26 heavy (non-hydrogen) atoms. The van der Waals surface area contributed by atoms with Crippen molar-refractivity contribution >= 4 is 23.4 Å². The zero-order valence-electron chi connectivity index (χ0n) is 15.5. The highest BCUT2D eigenvalue weighted by molar-refractivity contribution is 7.99. The van der Waals surface area contributed by atoms with Crippen molar-refractivity contribution in [2.75, 3.05) is 5.75 Å². The lowest BCUT2D eigenvalue weighted by Crippen LogP contribution is -2.35. The van der Waals surface area contributed by atoms with Crippen molar-refractivity contribution in [1.82, 2.24) is 30.1 Å². The topological polar surface area (TPSA) is 105 Å². The van der Waals surface area contributed by atoms with Crippen molar-refractivity contribution in [3.63, 3.8) is 0 Å². The van der Waals surface area contributed by atoms with Crippen LogP contribution in [0.3, 0.4) is 0 Å². The summed E-state index contributed by atoms with van der Waals surface area (Å²) in [6.45, 7) is 5.77. The molecule has 8 nitrogen and oxygen atoms in total. The van der Waals surface area contributed by atoms with Gasteiger partial charge in [-0.2, -0.15) is 9.61 Å². The molecule has 1 aliphatic carbocycles. The Labute approximate surface area is 156 Å². The number of fused-ring (bicyclic) bond motifs is 1. The van der Waals surface area contributed by atoms with Crippen molar-refractivity contribution in [3.8, 4) is 0 Å². The zero-order valence-corrected chi connectivity index (χ0v) is 16.4. The molecule has 142 valence electrons. The Morgan fingerprint density at radius 3 is 2.58 bits per heavy atom. The first kappa shape index (κ1) is 18.9. The highest BCUT2D eigenvalue weighted by Crippen LogP contribution is 2.20. The van der Waals surface area contributed by atoms with Gasteiger partial charge in [0.05, 0.1) is 5.75 Å². The van der Waals surface area contributed by atoms with Gasteiger partial charge in [-0.15, -0.1) is 10.2 Å².